The van der Waals surface area contributed by atoms with E-state index in [0.29, 0.717) is 11.8 Å². The summed E-state index contributed by atoms with van der Waals surface area (Å²) in [5.74, 6) is 0. The molecule has 1 nitrogen and oxygen atoms in total. The summed E-state index contributed by atoms with van der Waals surface area (Å²) in [6.45, 7) is 0. The zero-order valence-corrected chi connectivity index (χ0v) is 6.64. The molecule has 0 amide bonds. The van der Waals surface area contributed by atoms with E-state index in [1.165, 1.54) is 12.1 Å². The molecule has 0 bridgehead atoms. The van der Waals surface area contributed by atoms with Gasteiger partial charge < -0.3 is 4.79 Å². The maximum absolute atomic E-state index is 12.0. The molecular weight excluding hydrogens is 193 g/mol. The number of aldehydes is 1. The second-order valence-electron chi connectivity index (χ2n) is 2.57. The molecule has 0 fully saturated rings. The second-order valence-corrected chi connectivity index (χ2v) is 2.57. The number of alkyl halides is 3. The SMILES string of the molecule is C.O=CCc1ccc(C(F)(F)F)cc1. The van der Waals surface area contributed by atoms with Crippen molar-refractivity contribution in [1.82, 2.24) is 0 Å². The number of carbonyl (C=O) groups excluding carboxylic acids is 1. The van der Waals surface area contributed by atoms with Crippen molar-refractivity contribution in [3.63, 3.8) is 0 Å². The molecule has 1 aromatic rings. The van der Waals surface area contributed by atoms with Crippen LogP contribution in [0.25, 0.3) is 0 Å². The molecule has 0 atom stereocenters. The number of hydrogen-bond donors (Lipinski definition) is 0. The summed E-state index contributed by atoms with van der Waals surface area (Å²) in [4.78, 5) is 10.0. The van der Waals surface area contributed by atoms with E-state index in [-0.39, 0.29) is 13.8 Å². The van der Waals surface area contributed by atoms with Gasteiger partial charge in [0.15, 0.2) is 0 Å². The van der Waals surface area contributed by atoms with E-state index in [4.69, 9.17) is 0 Å². The molecule has 4 heteroatoms. The van der Waals surface area contributed by atoms with Gasteiger partial charge in [-0.2, -0.15) is 13.2 Å². The Balaban J connectivity index is 0.00000169. The first-order valence-electron chi connectivity index (χ1n) is 3.64. The molecule has 0 saturated carbocycles. The first-order chi connectivity index (χ1) is 6.04. The highest BCUT2D eigenvalue weighted by Gasteiger charge is 2.29. The van der Waals surface area contributed by atoms with Crippen molar-refractivity contribution in [1.29, 1.82) is 0 Å². The molecule has 14 heavy (non-hydrogen) atoms. The van der Waals surface area contributed by atoms with Crippen LogP contribution in [-0.2, 0) is 17.4 Å². The van der Waals surface area contributed by atoms with Gasteiger partial charge in [0, 0.05) is 6.42 Å². The predicted octanol–water partition coefficient (Wildman–Crippen LogP) is 3.08. The van der Waals surface area contributed by atoms with Crippen LogP contribution in [0.2, 0.25) is 0 Å². The molecule has 0 aliphatic heterocycles. The fourth-order valence-electron chi connectivity index (χ4n) is 0.926. The fourth-order valence-corrected chi connectivity index (χ4v) is 0.926. The van der Waals surface area contributed by atoms with Crippen molar-refractivity contribution < 1.29 is 18.0 Å². The van der Waals surface area contributed by atoms with E-state index in [2.05, 4.69) is 0 Å². The van der Waals surface area contributed by atoms with Crippen LogP contribution in [0.1, 0.15) is 18.6 Å². The third-order valence-electron chi connectivity index (χ3n) is 1.60. The lowest BCUT2D eigenvalue weighted by Gasteiger charge is -2.05. The topological polar surface area (TPSA) is 17.1 Å². The molecule has 0 unspecified atom stereocenters. The van der Waals surface area contributed by atoms with Crippen LogP contribution in [-0.4, -0.2) is 6.29 Å². The first-order valence-corrected chi connectivity index (χ1v) is 3.64. The third kappa shape index (κ3) is 3.20. The van der Waals surface area contributed by atoms with Crippen molar-refractivity contribution in [2.45, 2.75) is 20.0 Å². The van der Waals surface area contributed by atoms with Gasteiger partial charge in [0.2, 0.25) is 0 Å². The van der Waals surface area contributed by atoms with Crippen LogP contribution >= 0.6 is 0 Å². The Morgan fingerprint density at radius 3 is 2.00 bits per heavy atom. The van der Waals surface area contributed by atoms with Gasteiger partial charge >= 0.3 is 6.18 Å². The minimum atomic E-state index is -4.31. The largest absolute Gasteiger partial charge is 0.416 e. The summed E-state index contributed by atoms with van der Waals surface area (Å²) < 4.78 is 36.1. The van der Waals surface area contributed by atoms with Crippen molar-refractivity contribution in [2.75, 3.05) is 0 Å². The Kier molecular flexibility index (Phi) is 4.34. The van der Waals surface area contributed by atoms with E-state index >= 15 is 0 Å². The molecule has 0 spiro atoms. The number of carbonyl (C=O) groups is 1. The quantitative estimate of drug-likeness (QED) is 0.676. The summed E-state index contributed by atoms with van der Waals surface area (Å²) in [6.07, 6.45) is -3.50. The van der Waals surface area contributed by atoms with Crippen molar-refractivity contribution >= 4 is 6.29 Å². The van der Waals surface area contributed by atoms with E-state index in [1.807, 2.05) is 0 Å². The van der Waals surface area contributed by atoms with Crippen molar-refractivity contribution in [2.24, 2.45) is 0 Å². The average molecular weight is 204 g/mol. The lowest BCUT2D eigenvalue weighted by Crippen LogP contribution is -2.04. The molecule has 0 aromatic heterocycles. The summed E-state index contributed by atoms with van der Waals surface area (Å²) in [5.41, 5.74) is -0.106. The van der Waals surface area contributed by atoms with Gasteiger partial charge in [-0.05, 0) is 17.7 Å². The minimum absolute atomic E-state index is 0. The molecule has 0 N–H and O–H groups in total. The number of benzene rings is 1. The monoisotopic (exact) mass is 204 g/mol. The lowest BCUT2D eigenvalue weighted by atomic mass is 10.1. The molecule has 0 heterocycles. The Morgan fingerprint density at radius 2 is 1.64 bits per heavy atom. The Bertz CT molecular complexity index is 287. The van der Waals surface area contributed by atoms with Gasteiger partial charge in [-0.15, -0.1) is 0 Å². The van der Waals surface area contributed by atoms with E-state index in [0.717, 1.165) is 12.1 Å². The van der Waals surface area contributed by atoms with Crippen molar-refractivity contribution in [3.8, 4) is 0 Å². The van der Waals surface area contributed by atoms with Gasteiger partial charge in [-0.25, -0.2) is 0 Å². The summed E-state index contributed by atoms with van der Waals surface area (Å²) in [5, 5.41) is 0. The smallest absolute Gasteiger partial charge is 0.303 e. The van der Waals surface area contributed by atoms with Crippen LogP contribution in [0.15, 0.2) is 24.3 Å². The fraction of sp³-hybridized carbons (Fsp3) is 0.300. The van der Waals surface area contributed by atoms with Gasteiger partial charge in [-0.1, -0.05) is 19.6 Å². The van der Waals surface area contributed by atoms with Gasteiger partial charge in [0.05, 0.1) is 5.56 Å². The standard InChI is InChI=1S/C9H7F3O.CH4/c10-9(11,12)8-3-1-7(2-4-8)5-6-13;/h1-4,6H,5H2;1H4. The highest BCUT2D eigenvalue weighted by atomic mass is 19.4. The number of rotatable bonds is 2. The molecular formula is C10H11F3O. The van der Waals surface area contributed by atoms with Gasteiger partial charge in [0.25, 0.3) is 0 Å². The van der Waals surface area contributed by atoms with Crippen LogP contribution in [0.3, 0.4) is 0 Å². The molecule has 0 aliphatic carbocycles. The molecule has 0 radical (unpaired) electrons. The molecule has 0 saturated heterocycles. The summed E-state index contributed by atoms with van der Waals surface area (Å²) >= 11 is 0. The maximum atomic E-state index is 12.0. The highest BCUT2D eigenvalue weighted by Crippen LogP contribution is 2.28. The average Bonchev–Trinajstić information content (AvgIpc) is 2.04. The lowest BCUT2D eigenvalue weighted by molar-refractivity contribution is -0.137. The normalized spacial score (nSPS) is 10.5. The summed E-state index contributed by atoms with van der Waals surface area (Å²) in [6, 6.07) is 4.55. The predicted molar refractivity (Wildman–Crippen MR) is 47.9 cm³/mol. The first kappa shape index (κ1) is 12.7. The molecule has 78 valence electrons. The van der Waals surface area contributed by atoms with Crippen LogP contribution < -0.4 is 0 Å². The molecule has 1 rings (SSSR count). The highest BCUT2D eigenvalue weighted by molar-refractivity contribution is 5.54. The Labute approximate surface area is 80.6 Å². The summed E-state index contributed by atoms with van der Waals surface area (Å²) in [7, 11) is 0. The molecule has 1 aromatic carbocycles. The van der Waals surface area contributed by atoms with E-state index < -0.39 is 11.7 Å². The van der Waals surface area contributed by atoms with Crippen molar-refractivity contribution in [3.05, 3.63) is 35.4 Å². The number of hydrogen-bond acceptors (Lipinski definition) is 1. The second kappa shape index (κ2) is 4.79. The zero-order chi connectivity index (χ0) is 9.90. The maximum Gasteiger partial charge on any atom is 0.416 e. The van der Waals surface area contributed by atoms with Crippen LogP contribution in [0, 0.1) is 0 Å². The molecule has 0 aliphatic rings. The van der Waals surface area contributed by atoms with Gasteiger partial charge in [0.1, 0.15) is 6.29 Å². The number of halogens is 3. The van der Waals surface area contributed by atoms with Gasteiger partial charge in [-0.3, -0.25) is 0 Å². The van der Waals surface area contributed by atoms with Crippen LogP contribution in [0.4, 0.5) is 13.2 Å². The zero-order valence-electron chi connectivity index (χ0n) is 6.64. The minimum Gasteiger partial charge on any atom is -0.303 e. The van der Waals surface area contributed by atoms with E-state index in [9.17, 15) is 18.0 Å². The van der Waals surface area contributed by atoms with E-state index in [1.54, 1.807) is 0 Å². The third-order valence-corrected chi connectivity index (χ3v) is 1.60. The van der Waals surface area contributed by atoms with Crippen LogP contribution in [0.5, 0.6) is 0 Å². The Morgan fingerprint density at radius 1 is 1.14 bits per heavy atom. The Hall–Kier alpha value is -1.32.